The molecule has 74 valence electrons. The van der Waals surface area contributed by atoms with Gasteiger partial charge in [0, 0.05) is 5.92 Å². The van der Waals surface area contributed by atoms with Crippen LogP contribution in [-0.4, -0.2) is 10.1 Å². The zero-order valence-corrected chi connectivity index (χ0v) is 8.32. The highest BCUT2D eigenvalue weighted by atomic mass is 16.3. The van der Waals surface area contributed by atoms with E-state index >= 15 is 0 Å². The van der Waals surface area contributed by atoms with E-state index < -0.39 is 0 Å². The largest absolute Gasteiger partial charge is 0.440 e. The zero-order chi connectivity index (χ0) is 10.1. The molecule has 0 aliphatic heterocycles. The molecule has 0 amide bonds. The number of hydrogen-bond donors (Lipinski definition) is 1. The van der Waals surface area contributed by atoms with Gasteiger partial charge in [0.15, 0.2) is 11.5 Å². The predicted molar refractivity (Wildman–Crippen MR) is 54.0 cm³/mol. The molecule has 1 heterocycles. The van der Waals surface area contributed by atoms with Gasteiger partial charge >= 0.3 is 0 Å². The number of oxazole rings is 1. The summed E-state index contributed by atoms with van der Waals surface area (Å²) in [6.45, 7) is 4.12. The Morgan fingerprint density at radius 3 is 2.86 bits per heavy atom. The number of aliphatic hydroxyl groups is 1. The molecule has 0 bridgehead atoms. The van der Waals surface area contributed by atoms with Crippen molar-refractivity contribution < 1.29 is 9.52 Å². The van der Waals surface area contributed by atoms with Crippen LogP contribution in [0.4, 0.5) is 0 Å². The topological polar surface area (TPSA) is 46.3 Å². The van der Waals surface area contributed by atoms with Crippen LogP contribution in [0.25, 0.3) is 11.1 Å². The summed E-state index contributed by atoms with van der Waals surface area (Å²) in [4.78, 5) is 4.34. The van der Waals surface area contributed by atoms with E-state index in [0.29, 0.717) is 5.92 Å². The summed E-state index contributed by atoms with van der Waals surface area (Å²) < 4.78 is 5.54. The van der Waals surface area contributed by atoms with E-state index in [1.165, 1.54) is 0 Å². The summed E-state index contributed by atoms with van der Waals surface area (Å²) in [5, 5.41) is 8.95. The second-order valence-electron chi connectivity index (χ2n) is 3.67. The predicted octanol–water partition coefficient (Wildman–Crippen LogP) is 2.44. The van der Waals surface area contributed by atoms with Crippen molar-refractivity contribution in [2.24, 2.45) is 0 Å². The van der Waals surface area contributed by atoms with Crippen LogP contribution in [0.1, 0.15) is 31.2 Å². The highest BCUT2D eigenvalue weighted by Crippen LogP contribution is 2.21. The minimum atomic E-state index is 0.0415. The molecule has 1 aromatic carbocycles. The maximum Gasteiger partial charge on any atom is 0.198 e. The molecule has 0 fully saturated rings. The molecule has 1 aromatic heterocycles. The fourth-order valence-corrected chi connectivity index (χ4v) is 1.34. The first kappa shape index (κ1) is 9.21. The van der Waals surface area contributed by atoms with Gasteiger partial charge in [-0.25, -0.2) is 4.98 Å². The van der Waals surface area contributed by atoms with Crippen LogP contribution in [0.5, 0.6) is 0 Å². The van der Waals surface area contributed by atoms with E-state index in [0.717, 1.165) is 22.6 Å². The third kappa shape index (κ3) is 1.51. The number of aromatic nitrogens is 1. The smallest absolute Gasteiger partial charge is 0.198 e. The standard InChI is InChI=1S/C11H13NO2/c1-7(2)11-12-9-5-8(6-13)3-4-10(9)14-11/h3-5,7,13H,6H2,1-2H3. The van der Waals surface area contributed by atoms with Crippen molar-refractivity contribution in [2.75, 3.05) is 0 Å². The van der Waals surface area contributed by atoms with Crippen LogP contribution in [0.3, 0.4) is 0 Å². The van der Waals surface area contributed by atoms with Crippen molar-refractivity contribution in [2.45, 2.75) is 26.4 Å². The maximum absolute atomic E-state index is 8.95. The second-order valence-corrected chi connectivity index (χ2v) is 3.67. The molecule has 1 N–H and O–H groups in total. The number of aliphatic hydroxyl groups excluding tert-OH is 1. The van der Waals surface area contributed by atoms with Crippen LogP contribution in [-0.2, 0) is 6.61 Å². The van der Waals surface area contributed by atoms with E-state index in [1.54, 1.807) is 0 Å². The summed E-state index contributed by atoms with van der Waals surface area (Å²) in [7, 11) is 0. The molecule has 0 saturated carbocycles. The molecule has 0 aliphatic carbocycles. The van der Waals surface area contributed by atoms with Gasteiger partial charge in [0.05, 0.1) is 6.61 Å². The highest BCUT2D eigenvalue weighted by Gasteiger charge is 2.08. The van der Waals surface area contributed by atoms with Crippen LogP contribution in [0.15, 0.2) is 22.6 Å². The molecule has 3 heteroatoms. The normalized spacial score (nSPS) is 11.4. The van der Waals surface area contributed by atoms with E-state index in [9.17, 15) is 0 Å². The Labute approximate surface area is 82.4 Å². The van der Waals surface area contributed by atoms with Gasteiger partial charge in [0.2, 0.25) is 0 Å². The molecule has 0 aliphatic rings. The molecule has 0 unspecified atom stereocenters. The molecule has 2 rings (SSSR count). The molecular weight excluding hydrogens is 178 g/mol. The Morgan fingerprint density at radius 2 is 2.21 bits per heavy atom. The molecule has 0 radical (unpaired) electrons. The molecule has 14 heavy (non-hydrogen) atoms. The maximum atomic E-state index is 8.95. The summed E-state index contributed by atoms with van der Waals surface area (Å²) >= 11 is 0. The fraction of sp³-hybridized carbons (Fsp3) is 0.364. The van der Waals surface area contributed by atoms with Crippen molar-refractivity contribution in [1.82, 2.24) is 4.98 Å². The Hall–Kier alpha value is -1.35. The fourth-order valence-electron chi connectivity index (χ4n) is 1.34. The van der Waals surface area contributed by atoms with Crippen molar-refractivity contribution in [3.63, 3.8) is 0 Å². The van der Waals surface area contributed by atoms with Crippen molar-refractivity contribution in [3.05, 3.63) is 29.7 Å². The lowest BCUT2D eigenvalue weighted by molar-refractivity contribution is 0.282. The van der Waals surface area contributed by atoms with Crippen LogP contribution < -0.4 is 0 Å². The molecule has 2 aromatic rings. The molecule has 0 spiro atoms. The second kappa shape index (κ2) is 3.42. The molecule has 0 saturated heterocycles. The Bertz CT molecular complexity index is 445. The van der Waals surface area contributed by atoms with E-state index in [-0.39, 0.29) is 6.61 Å². The summed E-state index contributed by atoms with van der Waals surface area (Å²) in [5.41, 5.74) is 2.47. The highest BCUT2D eigenvalue weighted by molar-refractivity contribution is 5.73. The van der Waals surface area contributed by atoms with E-state index in [2.05, 4.69) is 4.98 Å². The van der Waals surface area contributed by atoms with Crippen molar-refractivity contribution >= 4 is 11.1 Å². The van der Waals surface area contributed by atoms with Crippen LogP contribution in [0, 0.1) is 0 Å². The van der Waals surface area contributed by atoms with E-state index in [4.69, 9.17) is 9.52 Å². The van der Waals surface area contributed by atoms with Crippen molar-refractivity contribution in [3.8, 4) is 0 Å². The van der Waals surface area contributed by atoms with Gasteiger partial charge < -0.3 is 9.52 Å². The first-order valence-corrected chi connectivity index (χ1v) is 4.71. The van der Waals surface area contributed by atoms with E-state index in [1.807, 2.05) is 32.0 Å². The Kier molecular flexibility index (Phi) is 2.25. The van der Waals surface area contributed by atoms with Gasteiger partial charge in [0.1, 0.15) is 5.52 Å². The quantitative estimate of drug-likeness (QED) is 0.793. The lowest BCUT2D eigenvalue weighted by atomic mass is 10.2. The number of fused-ring (bicyclic) bond motifs is 1. The summed E-state index contributed by atoms with van der Waals surface area (Å²) in [6, 6.07) is 5.54. The SMILES string of the molecule is CC(C)c1nc2cc(CO)ccc2o1. The van der Waals surface area contributed by atoms with Crippen LogP contribution in [0.2, 0.25) is 0 Å². The van der Waals surface area contributed by atoms with Gasteiger partial charge in [-0.1, -0.05) is 19.9 Å². The third-order valence-electron chi connectivity index (χ3n) is 2.14. The lowest BCUT2D eigenvalue weighted by Gasteiger charge is -1.93. The minimum absolute atomic E-state index is 0.0415. The van der Waals surface area contributed by atoms with Gasteiger partial charge in [-0.3, -0.25) is 0 Å². The van der Waals surface area contributed by atoms with Gasteiger partial charge in [-0.05, 0) is 17.7 Å². The number of nitrogens with zero attached hydrogens (tertiary/aromatic N) is 1. The first-order valence-electron chi connectivity index (χ1n) is 4.71. The number of benzene rings is 1. The average Bonchev–Trinajstić information content (AvgIpc) is 2.59. The summed E-state index contributed by atoms with van der Waals surface area (Å²) in [5.74, 6) is 1.04. The number of hydrogen-bond acceptors (Lipinski definition) is 3. The molecule has 3 nitrogen and oxygen atoms in total. The Morgan fingerprint density at radius 1 is 1.43 bits per heavy atom. The lowest BCUT2D eigenvalue weighted by Crippen LogP contribution is -1.85. The van der Waals surface area contributed by atoms with Gasteiger partial charge in [-0.2, -0.15) is 0 Å². The monoisotopic (exact) mass is 191 g/mol. The number of rotatable bonds is 2. The Balaban J connectivity index is 2.54. The molecular formula is C11H13NO2. The van der Waals surface area contributed by atoms with Crippen molar-refractivity contribution in [1.29, 1.82) is 0 Å². The zero-order valence-electron chi connectivity index (χ0n) is 8.32. The third-order valence-corrected chi connectivity index (χ3v) is 2.14. The van der Waals surface area contributed by atoms with Gasteiger partial charge in [0.25, 0.3) is 0 Å². The molecule has 0 atom stereocenters. The van der Waals surface area contributed by atoms with Gasteiger partial charge in [-0.15, -0.1) is 0 Å². The summed E-state index contributed by atoms with van der Waals surface area (Å²) in [6.07, 6.45) is 0. The van der Waals surface area contributed by atoms with Crippen LogP contribution >= 0.6 is 0 Å². The average molecular weight is 191 g/mol. The minimum Gasteiger partial charge on any atom is -0.440 e. The first-order chi connectivity index (χ1) is 6.70.